The third kappa shape index (κ3) is 5.53. The van der Waals surface area contributed by atoms with Crippen molar-refractivity contribution in [2.24, 2.45) is 0 Å². The number of benzene rings is 4. The van der Waals surface area contributed by atoms with E-state index in [1.54, 1.807) is 11.0 Å². The Balaban J connectivity index is 1.29. The maximum Gasteiger partial charge on any atom is 0.246 e. The molecule has 4 nitrogen and oxygen atoms in total. The van der Waals surface area contributed by atoms with Crippen LogP contribution in [-0.2, 0) is 22.7 Å². The van der Waals surface area contributed by atoms with Crippen molar-refractivity contribution in [1.29, 1.82) is 0 Å². The van der Waals surface area contributed by atoms with Gasteiger partial charge in [0.05, 0.1) is 0 Å². The third-order valence-corrected chi connectivity index (χ3v) is 8.87. The van der Waals surface area contributed by atoms with E-state index < -0.39 is 0 Å². The summed E-state index contributed by atoms with van der Waals surface area (Å²) in [6.45, 7) is 5.67. The molecule has 0 radical (unpaired) electrons. The zero-order valence-electron chi connectivity index (χ0n) is 23.0. The average Bonchev–Trinajstić information content (AvgIpc) is 3.03. The van der Waals surface area contributed by atoms with Crippen molar-refractivity contribution in [1.82, 2.24) is 9.80 Å². The molecule has 0 saturated carbocycles. The van der Waals surface area contributed by atoms with Gasteiger partial charge in [0, 0.05) is 54.1 Å². The van der Waals surface area contributed by atoms with Crippen molar-refractivity contribution in [2.45, 2.75) is 24.9 Å². The Morgan fingerprint density at radius 1 is 0.690 bits per heavy atom. The van der Waals surface area contributed by atoms with Crippen molar-refractivity contribution in [3.05, 3.63) is 159 Å². The fourth-order valence-electron chi connectivity index (χ4n) is 6.24. The summed E-state index contributed by atoms with van der Waals surface area (Å²) < 4.78 is 0. The highest BCUT2D eigenvalue weighted by molar-refractivity contribution is 6.32. The summed E-state index contributed by atoms with van der Waals surface area (Å²) >= 11 is 13.6. The number of halogens is 2. The summed E-state index contributed by atoms with van der Waals surface area (Å²) in [4.78, 5) is 29.9. The molecule has 0 spiro atoms. The number of hydrogen-bond acceptors (Lipinski definition) is 2. The van der Waals surface area contributed by atoms with Gasteiger partial charge in [-0.1, -0.05) is 103 Å². The second-order valence-corrected chi connectivity index (χ2v) is 11.6. The minimum absolute atomic E-state index is 0.0116. The van der Waals surface area contributed by atoms with E-state index in [4.69, 9.17) is 23.2 Å². The molecule has 0 N–H and O–H groups in total. The lowest BCUT2D eigenvalue weighted by molar-refractivity contribution is -0.127. The fraction of sp³-hybridized carbons (Fsp3) is 0.167. The van der Waals surface area contributed by atoms with Crippen molar-refractivity contribution < 1.29 is 9.59 Å². The first-order valence-electron chi connectivity index (χ1n) is 14.0. The predicted octanol–water partition coefficient (Wildman–Crippen LogP) is 7.84. The van der Waals surface area contributed by atoms with Crippen LogP contribution in [0.1, 0.15) is 50.8 Å². The van der Waals surface area contributed by atoms with Gasteiger partial charge < -0.3 is 9.80 Å². The molecule has 4 aromatic carbocycles. The first-order chi connectivity index (χ1) is 20.4. The Labute approximate surface area is 256 Å². The van der Waals surface area contributed by atoms with Gasteiger partial charge in [-0.2, -0.15) is 0 Å². The molecule has 2 aliphatic rings. The molecule has 42 heavy (non-hydrogen) atoms. The highest BCUT2D eigenvalue weighted by Crippen LogP contribution is 2.40. The van der Waals surface area contributed by atoms with Gasteiger partial charge in [0.2, 0.25) is 11.8 Å². The number of carbonyl (C=O) groups excluding carboxylic acids is 2. The summed E-state index contributed by atoms with van der Waals surface area (Å²) in [5.74, 6) is -0.267. The Morgan fingerprint density at radius 3 is 1.88 bits per heavy atom. The number of rotatable bonds is 5. The normalized spacial score (nSPS) is 18.0. The summed E-state index contributed by atoms with van der Waals surface area (Å²) in [5.41, 5.74) is 7.17. The molecule has 4 aromatic rings. The molecule has 0 aromatic heterocycles. The van der Waals surface area contributed by atoms with Gasteiger partial charge in [0.25, 0.3) is 0 Å². The van der Waals surface area contributed by atoms with Gasteiger partial charge >= 0.3 is 0 Å². The van der Waals surface area contributed by atoms with Gasteiger partial charge in [0.1, 0.15) is 0 Å². The molecule has 0 aliphatic carbocycles. The second-order valence-electron chi connectivity index (χ2n) is 10.8. The fourth-order valence-corrected chi connectivity index (χ4v) is 6.95. The molecule has 6 rings (SSSR count). The van der Waals surface area contributed by atoms with Crippen LogP contribution in [-0.4, -0.2) is 34.7 Å². The minimum Gasteiger partial charge on any atom is -0.334 e. The van der Waals surface area contributed by atoms with E-state index in [9.17, 15) is 9.59 Å². The van der Waals surface area contributed by atoms with E-state index in [0.29, 0.717) is 31.2 Å². The number of amides is 2. The lowest BCUT2D eigenvalue weighted by Gasteiger charge is -2.35. The zero-order valence-corrected chi connectivity index (χ0v) is 24.6. The van der Waals surface area contributed by atoms with E-state index in [1.807, 2.05) is 77.7 Å². The maximum atomic E-state index is 13.5. The van der Waals surface area contributed by atoms with Crippen LogP contribution in [0.2, 0.25) is 10.0 Å². The standard InChI is InChI=1S/C36H30Cl2N2O2/c1-2-33(41)39-21-28-18-24(19-32(38)36(28)30(22-39)26-12-7-4-8-13-26)16-17-34(42)40-20-27-14-9-15-31(37)35(27)29(23-40)25-10-5-3-6-11-25/h2-19,29-30H,1,20-23H2/b17-16+/t29-,30+/m1/s1. The van der Waals surface area contributed by atoms with Crippen LogP contribution in [0.25, 0.3) is 6.08 Å². The second kappa shape index (κ2) is 12.0. The molecular formula is C36H30Cl2N2O2. The van der Waals surface area contributed by atoms with Crippen LogP contribution in [0.4, 0.5) is 0 Å². The first kappa shape index (κ1) is 28.0. The van der Waals surface area contributed by atoms with Crippen LogP contribution < -0.4 is 0 Å². The Hall–Kier alpha value is -4.12. The summed E-state index contributed by atoms with van der Waals surface area (Å²) in [6.07, 6.45) is 4.77. The molecule has 2 aliphatic heterocycles. The van der Waals surface area contributed by atoms with E-state index in [2.05, 4.69) is 30.8 Å². The molecule has 2 atom stereocenters. The molecule has 0 unspecified atom stereocenters. The zero-order chi connectivity index (χ0) is 29.2. The maximum absolute atomic E-state index is 13.5. The smallest absolute Gasteiger partial charge is 0.246 e. The molecule has 2 heterocycles. The summed E-state index contributed by atoms with van der Waals surface area (Å²) in [6, 6.07) is 30.1. The SMILES string of the molecule is C=CC(=O)N1Cc2cc(/C=C/C(=O)N3Cc4cccc(Cl)c4[C@@H](c4ccccc4)C3)cc(Cl)c2[C@H](c2ccccc2)C1. The molecule has 0 saturated heterocycles. The molecular weight excluding hydrogens is 563 g/mol. The van der Waals surface area contributed by atoms with E-state index >= 15 is 0 Å². The number of fused-ring (bicyclic) bond motifs is 2. The first-order valence-corrected chi connectivity index (χ1v) is 14.8. The van der Waals surface area contributed by atoms with Crippen molar-refractivity contribution in [3.8, 4) is 0 Å². The van der Waals surface area contributed by atoms with Crippen LogP contribution in [0.3, 0.4) is 0 Å². The molecule has 0 fully saturated rings. The van der Waals surface area contributed by atoms with Gasteiger partial charge in [-0.3, -0.25) is 9.59 Å². The van der Waals surface area contributed by atoms with Gasteiger partial charge in [0.15, 0.2) is 0 Å². The van der Waals surface area contributed by atoms with E-state index in [1.165, 1.54) is 6.08 Å². The lowest BCUT2D eigenvalue weighted by atomic mass is 9.83. The highest BCUT2D eigenvalue weighted by Gasteiger charge is 2.32. The van der Waals surface area contributed by atoms with Crippen molar-refractivity contribution >= 4 is 41.1 Å². The molecule has 0 bridgehead atoms. The minimum atomic E-state index is -0.118. The Kier molecular flexibility index (Phi) is 8.01. The van der Waals surface area contributed by atoms with Gasteiger partial charge in [-0.05, 0) is 69.3 Å². The topological polar surface area (TPSA) is 40.6 Å². The summed E-state index contributed by atoms with van der Waals surface area (Å²) in [5, 5.41) is 1.36. The Morgan fingerprint density at radius 2 is 1.26 bits per heavy atom. The third-order valence-electron chi connectivity index (χ3n) is 8.23. The van der Waals surface area contributed by atoms with Gasteiger partial charge in [-0.15, -0.1) is 0 Å². The quantitative estimate of drug-likeness (QED) is 0.221. The molecule has 210 valence electrons. The monoisotopic (exact) mass is 592 g/mol. The van der Waals surface area contributed by atoms with Crippen LogP contribution in [0.5, 0.6) is 0 Å². The lowest BCUT2D eigenvalue weighted by Crippen LogP contribution is -2.38. The van der Waals surface area contributed by atoms with Crippen LogP contribution in [0.15, 0.2) is 110 Å². The van der Waals surface area contributed by atoms with Crippen LogP contribution >= 0.6 is 23.2 Å². The molecule has 6 heteroatoms. The van der Waals surface area contributed by atoms with Crippen LogP contribution in [0, 0.1) is 0 Å². The predicted molar refractivity (Wildman–Crippen MR) is 170 cm³/mol. The molecule has 2 amide bonds. The van der Waals surface area contributed by atoms with E-state index in [0.717, 1.165) is 44.0 Å². The highest BCUT2D eigenvalue weighted by atomic mass is 35.5. The van der Waals surface area contributed by atoms with Crippen molar-refractivity contribution in [2.75, 3.05) is 13.1 Å². The van der Waals surface area contributed by atoms with E-state index in [-0.39, 0.29) is 23.7 Å². The number of hydrogen-bond donors (Lipinski definition) is 0. The van der Waals surface area contributed by atoms with Gasteiger partial charge in [-0.25, -0.2) is 0 Å². The largest absolute Gasteiger partial charge is 0.334 e. The van der Waals surface area contributed by atoms with Crippen molar-refractivity contribution in [3.63, 3.8) is 0 Å². The number of nitrogens with zero attached hydrogens (tertiary/aromatic N) is 2. The summed E-state index contributed by atoms with van der Waals surface area (Å²) in [7, 11) is 0. The Bertz CT molecular complexity index is 1680. The average molecular weight is 594 g/mol. The number of carbonyl (C=O) groups is 2.